The van der Waals surface area contributed by atoms with E-state index in [2.05, 4.69) is 11.2 Å². The lowest BCUT2D eigenvalue weighted by molar-refractivity contribution is -0.112. The van der Waals surface area contributed by atoms with E-state index in [1.165, 1.54) is 6.08 Å². The summed E-state index contributed by atoms with van der Waals surface area (Å²) in [5, 5.41) is 12.6. The summed E-state index contributed by atoms with van der Waals surface area (Å²) < 4.78 is 5.44. The molecule has 0 aliphatic carbocycles. The van der Waals surface area contributed by atoms with Gasteiger partial charge in [-0.3, -0.25) is 4.79 Å². The number of nitrogens with zero attached hydrogens (tertiary/aromatic N) is 1. The summed E-state index contributed by atoms with van der Waals surface area (Å²) in [7, 11) is 0. The highest BCUT2D eigenvalue weighted by molar-refractivity contribution is 6.30. The number of hydrogen-bond acceptors (Lipinski definition) is 3. The van der Waals surface area contributed by atoms with Gasteiger partial charge in [-0.15, -0.1) is 6.42 Å². The van der Waals surface area contributed by atoms with E-state index in [1.807, 2.05) is 32.0 Å². The van der Waals surface area contributed by atoms with Crippen LogP contribution in [0.25, 0.3) is 6.08 Å². The summed E-state index contributed by atoms with van der Waals surface area (Å²) >= 11 is 6.01. The summed E-state index contributed by atoms with van der Waals surface area (Å²) in [5.74, 6) is 2.30. The number of anilines is 1. The lowest BCUT2D eigenvalue weighted by Crippen LogP contribution is -2.14. The lowest BCUT2D eigenvalue weighted by atomic mass is 10.1. The van der Waals surface area contributed by atoms with Crippen molar-refractivity contribution in [2.75, 3.05) is 11.9 Å². The predicted molar refractivity (Wildman–Crippen MR) is 104 cm³/mol. The maximum Gasteiger partial charge on any atom is 0.266 e. The largest absolute Gasteiger partial charge is 0.480 e. The molecule has 0 aliphatic rings. The quantitative estimate of drug-likeness (QED) is 0.482. The Balaban J connectivity index is 2.32. The zero-order valence-corrected chi connectivity index (χ0v) is 15.2. The fourth-order valence-corrected chi connectivity index (χ4v) is 2.51. The topological polar surface area (TPSA) is 62.1 Å². The summed E-state index contributed by atoms with van der Waals surface area (Å²) in [4.78, 5) is 12.5. The fourth-order valence-electron chi connectivity index (χ4n) is 2.33. The van der Waals surface area contributed by atoms with E-state index in [0.29, 0.717) is 22.0 Å². The van der Waals surface area contributed by atoms with E-state index in [4.69, 9.17) is 22.8 Å². The van der Waals surface area contributed by atoms with Crippen LogP contribution < -0.4 is 10.1 Å². The van der Waals surface area contributed by atoms with Gasteiger partial charge in [0.05, 0.1) is 0 Å². The number of rotatable bonds is 5. The van der Waals surface area contributed by atoms with E-state index >= 15 is 0 Å². The van der Waals surface area contributed by atoms with E-state index in [1.54, 1.807) is 24.3 Å². The summed E-state index contributed by atoms with van der Waals surface area (Å²) in [6, 6.07) is 12.5. The van der Waals surface area contributed by atoms with Gasteiger partial charge in [0.25, 0.3) is 5.91 Å². The zero-order valence-electron chi connectivity index (χ0n) is 14.5. The SMILES string of the molecule is C#CCOc1ccc(Cl)cc1/C=C(\C#N)C(=O)Nc1ccc(C)cc1C. The van der Waals surface area contributed by atoms with Gasteiger partial charge in [-0.25, -0.2) is 0 Å². The third kappa shape index (κ3) is 4.89. The van der Waals surface area contributed by atoms with Crippen LogP contribution >= 0.6 is 11.6 Å². The maximum atomic E-state index is 12.5. The van der Waals surface area contributed by atoms with Gasteiger partial charge in [-0.05, 0) is 49.8 Å². The van der Waals surface area contributed by atoms with Gasteiger partial charge in [-0.2, -0.15) is 5.26 Å². The summed E-state index contributed by atoms with van der Waals surface area (Å²) in [6.45, 7) is 3.93. The van der Waals surface area contributed by atoms with E-state index in [9.17, 15) is 10.1 Å². The van der Waals surface area contributed by atoms with Crippen LogP contribution in [0.2, 0.25) is 5.02 Å². The number of hydrogen-bond donors (Lipinski definition) is 1. The average molecular weight is 365 g/mol. The number of benzene rings is 2. The number of nitrogens with one attached hydrogen (secondary N) is 1. The van der Waals surface area contributed by atoms with E-state index in [0.717, 1.165) is 11.1 Å². The first-order valence-electron chi connectivity index (χ1n) is 7.81. The highest BCUT2D eigenvalue weighted by Gasteiger charge is 2.13. The van der Waals surface area contributed by atoms with Crippen LogP contribution in [-0.2, 0) is 4.79 Å². The molecule has 130 valence electrons. The molecule has 1 amide bonds. The number of ether oxygens (including phenoxy) is 1. The van der Waals surface area contributed by atoms with Crippen LogP contribution in [0.5, 0.6) is 5.75 Å². The Hall–Kier alpha value is -3.21. The monoisotopic (exact) mass is 364 g/mol. The minimum absolute atomic E-state index is 0.0686. The Morgan fingerprint density at radius 3 is 2.73 bits per heavy atom. The summed E-state index contributed by atoms with van der Waals surface area (Å²) in [6.07, 6.45) is 6.64. The molecule has 0 radical (unpaired) electrons. The number of halogens is 1. The molecule has 0 saturated heterocycles. The molecule has 0 aliphatic heterocycles. The van der Waals surface area contributed by atoms with Crippen molar-refractivity contribution in [2.24, 2.45) is 0 Å². The van der Waals surface area contributed by atoms with Crippen LogP contribution in [0.15, 0.2) is 42.0 Å². The number of carbonyl (C=O) groups excluding carboxylic acids is 1. The molecular weight excluding hydrogens is 348 g/mol. The third-order valence-corrected chi connectivity index (χ3v) is 3.81. The standard InChI is InChI=1S/C21H17ClN2O2/c1-4-9-26-20-8-6-18(22)12-16(20)11-17(13-23)21(25)24-19-7-5-14(2)10-15(19)3/h1,5-8,10-12H,9H2,2-3H3,(H,24,25)/b17-11+. The molecule has 4 nitrogen and oxygen atoms in total. The van der Waals surface area contributed by atoms with Crippen molar-refractivity contribution in [1.29, 1.82) is 5.26 Å². The minimum Gasteiger partial charge on any atom is -0.480 e. The van der Waals surface area contributed by atoms with Crippen molar-refractivity contribution in [3.8, 4) is 24.2 Å². The second-order valence-electron chi connectivity index (χ2n) is 5.62. The molecule has 0 bridgehead atoms. The second kappa shape index (κ2) is 8.76. The number of amides is 1. The van der Waals surface area contributed by atoms with Gasteiger partial charge in [0.1, 0.15) is 24.0 Å². The average Bonchev–Trinajstić information content (AvgIpc) is 2.61. The highest BCUT2D eigenvalue weighted by Crippen LogP contribution is 2.26. The Bertz CT molecular complexity index is 949. The molecule has 2 aromatic carbocycles. The van der Waals surface area contributed by atoms with Gasteiger partial charge < -0.3 is 10.1 Å². The molecule has 0 heterocycles. The molecule has 2 rings (SSSR count). The Kier molecular flexibility index (Phi) is 6.44. The molecule has 0 fully saturated rings. The van der Waals surface area contributed by atoms with Gasteiger partial charge in [-0.1, -0.05) is 35.2 Å². The molecular formula is C21H17ClN2O2. The van der Waals surface area contributed by atoms with Crippen LogP contribution in [-0.4, -0.2) is 12.5 Å². The first-order chi connectivity index (χ1) is 12.4. The molecule has 1 N–H and O–H groups in total. The molecule has 5 heteroatoms. The van der Waals surface area contributed by atoms with Gasteiger partial charge in [0.15, 0.2) is 0 Å². The van der Waals surface area contributed by atoms with E-state index in [-0.39, 0.29) is 12.2 Å². The van der Waals surface area contributed by atoms with Crippen LogP contribution in [0.3, 0.4) is 0 Å². The molecule has 0 atom stereocenters. The van der Waals surface area contributed by atoms with Crippen molar-refractivity contribution < 1.29 is 9.53 Å². The van der Waals surface area contributed by atoms with Crippen LogP contribution in [0.1, 0.15) is 16.7 Å². The van der Waals surface area contributed by atoms with Crippen LogP contribution in [0, 0.1) is 37.5 Å². The summed E-state index contributed by atoms with van der Waals surface area (Å²) in [5.41, 5.74) is 3.08. The van der Waals surface area contributed by atoms with Gasteiger partial charge in [0.2, 0.25) is 0 Å². The first-order valence-corrected chi connectivity index (χ1v) is 8.18. The predicted octanol–water partition coefficient (Wildman–Crippen LogP) is 4.51. The van der Waals surface area contributed by atoms with Crippen molar-refractivity contribution in [2.45, 2.75) is 13.8 Å². The molecule has 26 heavy (non-hydrogen) atoms. The van der Waals surface area contributed by atoms with Crippen molar-refractivity contribution in [3.05, 3.63) is 63.7 Å². The third-order valence-electron chi connectivity index (χ3n) is 3.58. The minimum atomic E-state index is -0.512. The van der Waals surface area contributed by atoms with Crippen molar-refractivity contribution in [3.63, 3.8) is 0 Å². The van der Waals surface area contributed by atoms with Gasteiger partial charge >= 0.3 is 0 Å². The Labute approximate surface area is 158 Å². The number of carbonyl (C=O) groups is 1. The second-order valence-corrected chi connectivity index (χ2v) is 6.05. The number of terminal acetylenes is 1. The smallest absolute Gasteiger partial charge is 0.266 e. The fraction of sp³-hybridized carbons (Fsp3) is 0.143. The van der Waals surface area contributed by atoms with Crippen molar-refractivity contribution in [1.82, 2.24) is 0 Å². The van der Waals surface area contributed by atoms with Crippen LogP contribution in [0.4, 0.5) is 5.69 Å². The number of nitriles is 1. The molecule has 0 unspecified atom stereocenters. The van der Waals surface area contributed by atoms with Crippen molar-refractivity contribution >= 4 is 29.3 Å². The van der Waals surface area contributed by atoms with E-state index < -0.39 is 5.91 Å². The van der Waals surface area contributed by atoms with Gasteiger partial charge in [0, 0.05) is 16.3 Å². The molecule has 0 saturated carbocycles. The number of aryl methyl sites for hydroxylation is 2. The Morgan fingerprint density at radius 2 is 2.08 bits per heavy atom. The maximum absolute atomic E-state index is 12.5. The zero-order chi connectivity index (χ0) is 19.1. The molecule has 0 spiro atoms. The lowest BCUT2D eigenvalue weighted by Gasteiger charge is -2.10. The first kappa shape index (κ1) is 19.1. The normalized spacial score (nSPS) is 10.6. The Morgan fingerprint density at radius 1 is 1.31 bits per heavy atom. The highest BCUT2D eigenvalue weighted by atomic mass is 35.5. The molecule has 2 aromatic rings. The molecule has 0 aromatic heterocycles.